The van der Waals surface area contributed by atoms with Crippen molar-refractivity contribution in [3.63, 3.8) is 0 Å². The first-order valence-corrected chi connectivity index (χ1v) is 13.6. The number of sulfonamides is 1. The topological polar surface area (TPSA) is 101 Å². The number of aromatic nitrogens is 4. The van der Waals surface area contributed by atoms with E-state index in [1.54, 1.807) is 11.6 Å². The van der Waals surface area contributed by atoms with Gasteiger partial charge in [-0.3, -0.25) is 0 Å². The molecule has 1 aliphatic rings. The fraction of sp³-hybridized carbons (Fsp3) is 0.440. The first-order valence-electron chi connectivity index (χ1n) is 11.7. The molecule has 0 spiro atoms. The third kappa shape index (κ3) is 4.30. The van der Waals surface area contributed by atoms with Crippen molar-refractivity contribution in [1.82, 2.24) is 24.3 Å². The van der Waals surface area contributed by atoms with Crippen LogP contribution in [0, 0.1) is 0 Å². The van der Waals surface area contributed by atoms with Crippen molar-refractivity contribution >= 4 is 26.6 Å². The second kappa shape index (κ2) is 8.70. The number of methoxy groups -OCH3 is 1. The van der Waals surface area contributed by atoms with Crippen LogP contribution in [0.1, 0.15) is 62.5 Å². The first kappa shape index (κ1) is 22.9. The highest BCUT2D eigenvalue weighted by Gasteiger charge is 2.25. The van der Waals surface area contributed by atoms with Gasteiger partial charge in [0, 0.05) is 28.7 Å². The van der Waals surface area contributed by atoms with Gasteiger partial charge in [0.1, 0.15) is 6.33 Å². The van der Waals surface area contributed by atoms with E-state index in [0.717, 1.165) is 42.5 Å². The Morgan fingerprint density at radius 3 is 2.62 bits per heavy atom. The molecule has 1 aliphatic carbocycles. The standard InChI is InChI=1S/C25H31N5O3S/c1-15(2)23-20-11-17(16-5-8-19(9-6-16)29-34(4,31)32)7-10-21(20)28-24(23)18-12-22(33-3)25-26-14-27-30(25)13-18/h7,10-16,19,28-29H,5-6,8-9H2,1-4H3. The van der Waals surface area contributed by atoms with E-state index in [-0.39, 0.29) is 6.04 Å². The average molecular weight is 482 g/mol. The highest BCUT2D eigenvalue weighted by atomic mass is 32.2. The van der Waals surface area contributed by atoms with Gasteiger partial charge in [0.2, 0.25) is 10.0 Å². The van der Waals surface area contributed by atoms with Crippen LogP contribution in [0.25, 0.3) is 27.8 Å². The molecule has 3 heterocycles. The Bertz CT molecular complexity index is 1450. The lowest BCUT2D eigenvalue weighted by atomic mass is 9.81. The molecular weight excluding hydrogens is 450 g/mol. The zero-order valence-corrected chi connectivity index (χ0v) is 20.8. The van der Waals surface area contributed by atoms with Crippen LogP contribution >= 0.6 is 0 Å². The third-order valence-corrected chi connectivity index (χ3v) is 7.63. The smallest absolute Gasteiger partial charge is 0.208 e. The fourth-order valence-electron chi connectivity index (χ4n) is 5.34. The quantitative estimate of drug-likeness (QED) is 0.420. The van der Waals surface area contributed by atoms with Crippen molar-refractivity contribution < 1.29 is 13.2 Å². The molecule has 1 aromatic carbocycles. The predicted octanol–water partition coefficient (Wildman–Crippen LogP) is 4.59. The molecule has 3 aromatic heterocycles. The number of aromatic amines is 1. The van der Waals surface area contributed by atoms with E-state index < -0.39 is 10.0 Å². The van der Waals surface area contributed by atoms with Crippen molar-refractivity contribution in [2.24, 2.45) is 0 Å². The number of rotatable bonds is 6. The van der Waals surface area contributed by atoms with Crippen LogP contribution in [-0.2, 0) is 10.0 Å². The van der Waals surface area contributed by atoms with Crippen LogP contribution in [0.5, 0.6) is 5.75 Å². The van der Waals surface area contributed by atoms with Crippen LogP contribution in [-0.4, -0.2) is 47.4 Å². The van der Waals surface area contributed by atoms with Gasteiger partial charge in [-0.15, -0.1) is 0 Å². The number of ether oxygens (including phenoxy) is 1. The SMILES string of the molecule is COc1cc(-c2[nH]c3ccc(C4CCC(NS(C)(=O)=O)CC4)cc3c2C(C)C)cn2ncnc12. The number of nitrogens with one attached hydrogen (secondary N) is 2. The van der Waals surface area contributed by atoms with Crippen LogP contribution in [0.4, 0.5) is 0 Å². The van der Waals surface area contributed by atoms with Crippen LogP contribution in [0.3, 0.4) is 0 Å². The van der Waals surface area contributed by atoms with E-state index in [1.807, 2.05) is 12.3 Å². The Labute approximate surface area is 199 Å². The summed E-state index contributed by atoms with van der Waals surface area (Å²) in [6.07, 6.45) is 8.44. The van der Waals surface area contributed by atoms with Crippen molar-refractivity contribution in [1.29, 1.82) is 0 Å². The van der Waals surface area contributed by atoms with E-state index in [9.17, 15) is 8.42 Å². The van der Waals surface area contributed by atoms with Crippen molar-refractivity contribution in [3.05, 3.63) is 47.9 Å². The minimum Gasteiger partial charge on any atom is -0.493 e. The van der Waals surface area contributed by atoms with Gasteiger partial charge in [-0.1, -0.05) is 19.9 Å². The van der Waals surface area contributed by atoms with Gasteiger partial charge in [-0.25, -0.2) is 22.6 Å². The molecule has 34 heavy (non-hydrogen) atoms. The van der Waals surface area contributed by atoms with Gasteiger partial charge in [-0.2, -0.15) is 5.10 Å². The molecular formula is C25H31N5O3S. The fourth-order valence-corrected chi connectivity index (χ4v) is 6.18. The zero-order valence-electron chi connectivity index (χ0n) is 20.0. The molecule has 0 amide bonds. The van der Waals surface area contributed by atoms with E-state index in [1.165, 1.54) is 29.1 Å². The second-order valence-electron chi connectivity index (χ2n) is 9.64. The van der Waals surface area contributed by atoms with Gasteiger partial charge in [0.15, 0.2) is 11.4 Å². The zero-order chi connectivity index (χ0) is 24.0. The molecule has 0 aliphatic heterocycles. The Morgan fingerprint density at radius 1 is 1.18 bits per heavy atom. The highest BCUT2D eigenvalue weighted by molar-refractivity contribution is 7.88. The molecule has 2 N–H and O–H groups in total. The Morgan fingerprint density at radius 2 is 1.94 bits per heavy atom. The van der Waals surface area contributed by atoms with Gasteiger partial charge < -0.3 is 9.72 Å². The molecule has 4 aromatic rings. The summed E-state index contributed by atoms with van der Waals surface area (Å²) in [6.45, 7) is 4.43. The second-order valence-corrected chi connectivity index (χ2v) is 11.4. The van der Waals surface area contributed by atoms with E-state index >= 15 is 0 Å². The largest absolute Gasteiger partial charge is 0.493 e. The number of nitrogens with zero attached hydrogens (tertiary/aromatic N) is 3. The highest BCUT2D eigenvalue weighted by Crippen LogP contribution is 2.40. The number of H-pyrrole nitrogens is 1. The van der Waals surface area contributed by atoms with Gasteiger partial charge in [-0.05, 0) is 66.8 Å². The molecule has 180 valence electrons. The number of pyridine rings is 1. The van der Waals surface area contributed by atoms with Crippen LogP contribution in [0.15, 0.2) is 36.8 Å². The summed E-state index contributed by atoms with van der Waals surface area (Å²) in [5.74, 6) is 1.43. The van der Waals surface area contributed by atoms with Gasteiger partial charge in [0.25, 0.3) is 0 Å². The molecule has 0 unspecified atom stereocenters. The minimum absolute atomic E-state index is 0.0433. The normalized spacial score (nSPS) is 19.3. The lowest BCUT2D eigenvalue weighted by Crippen LogP contribution is -2.36. The Hall–Kier alpha value is -2.91. The van der Waals surface area contributed by atoms with Crippen molar-refractivity contribution in [2.45, 2.75) is 57.4 Å². The van der Waals surface area contributed by atoms with Crippen LogP contribution < -0.4 is 9.46 Å². The maximum atomic E-state index is 11.6. The third-order valence-electron chi connectivity index (χ3n) is 6.87. The predicted molar refractivity (Wildman–Crippen MR) is 134 cm³/mol. The molecule has 0 saturated heterocycles. The van der Waals surface area contributed by atoms with Crippen molar-refractivity contribution in [2.75, 3.05) is 13.4 Å². The molecule has 0 bridgehead atoms. The summed E-state index contributed by atoms with van der Waals surface area (Å²) in [6, 6.07) is 8.76. The summed E-state index contributed by atoms with van der Waals surface area (Å²) < 4.78 is 33.3. The number of hydrogen-bond acceptors (Lipinski definition) is 5. The van der Waals surface area contributed by atoms with Gasteiger partial charge >= 0.3 is 0 Å². The maximum absolute atomic E-state index is 11.6. The average Bonchev–Trinajstić information content (AvgIpc) is 3.42. The summed E-state index contributed by atoms with van der Waals surface area (Å²) in [7, 11) is -1.51. The molecule has 0 radical (unpaired) electrons. The van der Waals surface area contributed by atoms with E-state index in [4.69, 9.17) is 4.74 Å². The molecule has 0 atom stereocenters. The van der Waals surface area contributed by atoms with E-state index in [2.05, 4.69) is 51.8 Å². The minimum atomic E-state index is -3.16. The first-order chi connectivity index (χ1) is 16.2. The Kier molecular flexibility index (Phi) is 5.85. The molecule has 5 rings (SSSR count). The maximum Gasteiger partial charge on any atom is 0.208 e. The monoisotopic (exact) mass is 481 g/mol. The summed E-state index contributed by atoms with van der Waals surface area (Å²) >= 11 is 0. The summed E-state index contributed by atoms with van der Waals surface area (Å²) in [5.41, 5.74) is 6.46. The molecule has 1 fully saturated rings. The molecule has 1 saturated carbocycles. The Balaban J connectivity index is 1.51. The van der Waals surface area contributed by atoms with Crippen molar-refractivity contribution in [3.8, 4) is 17.0 Å². The molecule has 8 nitrogen and oxygen atoms in total. The molecule has 9 heteroatoms. The lowest BCUT2D eigenvalue weighted by molar-refractivity contribution is 0.375. The number of fused-ring (bicyclic) bond motifs is 2. The summed E-state index contributed by atoms with van der Waals surface area (Å²) in [5, 5.41) is 5.55. The lowest BCUT2D eigenvalue weighted by Gasteiger charge is -2.29. The number of hydrogen-bond donors (Lipinski definition) is 2. The number of benzene rings is 1. The van der Waals surface area contributed by atoms with Crippen LogP contribution in [0.2, 0.25) is 0 Å². The van der Waals surface area contributed by atoms with E-state index in [0.29, 0.717) is 23.2 Å². The van der Waals surface area contributed by atoms with Gasteiger partial charge in [0.05, 0.1) is 19.1 Å². The summed E-state index contributed by atoms with van der Waals surface area (Å²) in [4.78, 5) is 7.93.